The van der Waals surface area contributed by atoms with Gasteiger partial charge in [-0.05, 0) is 26.0 Å². The van der Waals surface area contributed by atoms with Crippen LogP contribution in [0.15, 0.2) is 12.1 Å². The van der Waals surface area contributed by atoms with Crippen LogP contribution in [0.5, 0.6) is 11.5 Å². The Balaban J connectivity index is 2.28. The van der Waals surface area contributed by atoms with Gasteiger partial charge in [0.25, 0.3) is 10.1 Å². The molecule has 0 aromatic heterocycles. The van der Waals surface area contributed by atoms with Crippen molar-refractivity contribution in [1.82, 2.24) is 0 Å². The molecule has 0 saturated carbocycles. The molecule has 1 heterocycles. The molecule has 0 amide bonds. The third-order valence-corrected chi connectivity index (χ3v) is 10.6. The van der Waals surface area contributed by atoms with E-state index in [0.717, 1.165) is 22.6 Å². The minimum absolute atomic E-state index is 0.0539. The van der Waals surface area contributed by atoms with Crippen LogP contribution in [0.3, 0.4) is 0 Å². The number of aliphatic hydroxyl groups is 1. The summed E-state index contributed by atoms with van der Waals surface area (Å²) >= 11 is 3.35. The Labute approximate surface area is 162 Å². The van der Waals surface area contributed by atoms with Gasteiger partial charge in [-0.3, -0.25) is 4.55 Å². The van der Waals surface area contributed by atoms with Gasteiger partial charge in [0.2, 0.25) is 0 Å². The smallest absolute Gasteiger partial charge is 0.272 e. The molecule has 2 aliphatic rings. The van der Waals surface area contributed by atoms with Gasteiger partial charge in [0.1, 0.15) is 16.2 Å². The molecule has 1 fully saturated rings. The Kier molecular flexibility index (Phi) is 5.02. The number of benzene rings is 1. The second-order valence-electron chi connectivity index (χ2n) is 7.14. The largest absolute Gasteiger partial charge is 0.496 e. The highest BCUT2D eigenvalue weighted by Gasteiger charge is 2.61. The Morgan fingerprint density at radius 1 is 1.12 bits per heavy atom. The number of hydrogen-bond acceptors (Lipinski definition) is 7. The van der Waals surface area contributed by atoms with Crippen LogP contribution >= 0.6 is 23.5 Å². The molecule has 1 atom stereocenters. The fraction of sp³-hybridized carbons (Fsp3) is 0.647. The van der Waals surface area contributed by atoms with Crippen molar-refractivity contribution in [2.75, 3.05) is 25.7 Å². The van der Waals surface area contributed by atoms with Gasteiger partial charge in [0.05, 0.1) is 23.9 Å². The Hall–Kier alpha value is -0.610. The molecule has 9 heteroatoms. The Bertz CT molecular complexity index is 814. The summed E-state index contributed by atoms with van der Waals surface area (Å²) in [4.78, 5) is 0. The molecular formula is C17H24O6S3. The molecule has 0 radical (unpaired) electrons. The van der Waals surface area contributed by atoms with Crippen molar-refractivity contribution in [2.45, 2.75) is 41.1 Å². The van der Waals surface area contributed by atoms with Gasteiger partial charge in [-0.15, -0.1) is 23.5 Å². The molecule has 2 N–H and O–H groups in total. The lowest BCUT2D eigenvalue weighted by molar-refractivity contribution is -0.0120. The van der Waals surface area contributed by atoms with Crippen molar-refractivity contribution in [3.8, 4) is 11.5 Å². The van der Waals surface area contributed by atoms with Crippen molar-refractivity contribution < 1.29 is 27.6 Å². The van der Waals surface area contributed by atoms with Gasteiger partial charge in [-0.25, -0.2) is 0 Å². The quantitative estimate of drug-likeness (QED) is 0.718. The number of thioether (sulfide) groups is 2. The molecule has 6 nitrogen and oxygen atoms in total. The lowest BCUT2D eigenvalue weighted by Gasteiger charge is -2.49. The molecular weight excluding hydrogens is 396 g/mol. The molecule has 1 saturated heterocycles. The van der Waals surface area contributed by atoms with Gasteiger partial charge in [-0.1, -0.05) is 0 Å². The number of ether oxygens (including phenoxy) is 2. The monoisotopic (exact) mass is 420 g/mol. The Morgan fingerprint density at radius 3 is 2.15 bits per heavy atom. The maximum atomic E-state index is 12.1. The molecule has 1 aliphatic carbocycles. The van der Waals surface area contributed by atoms with E-state index >= 15 is 0 Å². The SMILES string of the molecule is COc1ccc(OC)c2c1CC(O)(C(C)(C)S(=O)(=O)O)CC21SCCS1. The van der Waals surface area contributed by atoms with Crippen LogP contribution in [0.25, 0.3) is 0 Å². The van der Waals surface area contributed by atoms with Crippen LogP contribution in [-0.2, 0) is 20.6 Å². The van der Waals surface area contributed by atoms with E-state index in [1.807, 2.05) is 6.07 Å². The van der Waals surface area contributed by atoms with E-state index in [1.165, 1.54) is 13.8 Å². The lowest BCUT2D eigenvalue weighted by Crippen LogP contribution is -2.60. The van der Waals surface area contributed by atoms with Gasteiger partial charge in [-0.2, -0.15) is 8.42 Å². The van der Waals surface area contributed by atoms with Crippen LogP contribution in [0, 0.1) is 0 Å². The van der Waals surface area contributed by atoms with Gasteiger partial charge in [0.15, 0.2) is 0 Å². The zero-order valence-electron chi connectivity index (χ0n) is 15.2. The number of fused-ring (bicyclic) bond motifs is 2. The highest BCUT2D eigenvalue weighted by atomic mass is 32.2. The predicted molar refractivity (Wildman–Crippen MR) is 105 cm³/mol. The van der Waals surface area contributed by atoms with E-state index in [1.54, 1.807) is 43.8 Å². The number of rotatable bonds is 4. The summed E-state index contributed by atoms with van der Waals surface area (Å²) in [6, 6.07) is 3.61. The van der Waals surface area contributed by atoms with Gasteiger partial charge < -0.3 is 14.6 Å². The maximum absolute atomic E-state index is 12.1. The summed E-state index contributed by atoms with van der Waals surface area (Å²) in [6.07, 6.45) is 0.247. The molecule has 0 bridgehead atoms. The zero-order chi connectivity index (χ0) is 19.4. The summed E-state index contributed by atoms with van der Waals surface area (Å²) < 4.78 is 42.8. The molecule has 1 aromatic carbocycles. The van der Waals surface area contributed by atoms with Crippen LogP contribution in [0.1, 0.15) is 31.4 Å². The first-order valence-electron chi connectivity index (χ1n) is 8.23. The molecule has 1 unspecified atom stereocenters. The summed E-state index contributed by atoms with van der Waals surface area (Å²) in [5, 5.41) is 11.5. The fourth-order valence-corrected chi connectivity index (χ4v) is 7.96. The predicted octanol–water partition coefficient (Wildman–Crippen LogP) is 2.68. The third-order valence-electron chi connectivity index (χ3n) is 5.57. The first kappa shape index (κ1) is 20.1. The van der Waals surface area contributed by atoms with Crippen molar-refractivity contribution in [3.63, 3.8) is 0 Å². The summed E-state index contributed by atoms with van der Waals surface area (Å²) in [6.45, 7) is 2.75. The van der Waals surface area contributed by atoms with Crippen LogP contribution < -0.4 is 9.47 Å². The molecule has 1 spiro atoms. The fourth-order valence-electron chi connectivity index (χ4n) is 3.76. The summed E-state index contributed by atoms with van der Waals surface area (Å²) in [5.41, 5.74) is 0.0271. The first-order chi connectivity index (χ1) is 12.0. The van der Waals surface area contributed by atoms with E-state index in [4.69, 9.17) is 9.47 Å². The van der Waals surface area contributed by atoms with Crippen molar-refractivity contribution in [2.24, 2.45) is 0 Å². The summed E-state index contributed by atoms with van der Waals surface area (Å²) in [7, 11) is -1.34. The van der Waals surface area contributed by atoms with E-state index < -0.39 is 24.5 Å². The molecule has 146 valence electrons. The topological polar surface area (TPSA) is 93.1 Å². The maximum Gasteiger partial charge on any atom is 0.272 e. The molecule has 26 heavy (non-hydrogen) atoms. The van der Waals surface area contributed by atoms with Crippen LogP contribution in [0.4, 0.5) is 0 Å². The molecule has 1 aromatic rings. The van der Waals surface area contributed by atoms with Crippen molar-refractivity contribution in [1.29, 1.82) is 0 Å². The lowest BCUT2D eigenvalue weighted by atomic mass is 9.72. The number of methoxy groups -OCH3 is 2. The van der Waals surface area contributed by atoms with E-state index in [-0.39, 0.29) is 12.8 Å². The van der Waals surface area contributed by atoms with E-state index in [9.17, 15) is 18.1 Å². The van der Waals surface area contributed by atoms with E-state index in [2.05, 4.69) is 0 Å². The third kappa shape index (κ3) is 2.83. The van der Waals surface area contributed by atoms with Crippen LogP contribution in [0.2, 0.25) is 0 Å². The average Bonchev–Trinajstić information content (AvgIpc) is 3.01. The molecule has 3 rings (SSSR count). The minimum Gasteiger partial charge on any atom is -0.496 e. The minimum atomic E-state index is -4.49. The standard InChI is InChI=1S/C17H24O6S3/c1-15(2,26(19,20)21)16(18)9-11-12(22-3)5-6-13(23-4)14(11)17(10-16)24-7-8-25-17/h5-6,18H,7-10H2,1-4H3,(H,19,20,21). The van der Waals surface area contributed by atoms with E-state index in [0.29, 0.717) is 11.5 Å². The van der Waals surface area contributed by atoms with Gasteiger partial charge >= 0.3 is 0 Å². The Morgan fingerprint density at radius 2 is 1.65 bits per heavy atom. The van der Waals surface area contributed by atoms with Crippen molar-refractivity contribution >= 4 is 33.6 Å². The normalized spacial score (nSPS) is 25.2. The second kappa shape index (κ2) is 6.48. The molecule has 1 aliphatic heterocycles. The van der Waals surface area contributed by atoms with Crippen molar-refractivity contribution in [3.05, 3.63) is 23.3 Å². The highest BCUT2D eigenvalue weighted by Crippen LogP contribution is 2.64. The zero-order valence-corrected chi connectivity index (χ0v) is 17.7. The second-order valence-corrected chi connectivity index (χ2v) is 12.2. The number of hydrogen-bond donors (Lipinski definition) is 2. The highest BCUT2D eigenvalue weighted by molar-refractivity contribution is 8.20. The van der Waals surface area contributed by atoms with Crippen LogP contribution in [-0.4, -0.2) is 54.2 Å². The summed E-state index contributed by atoms with van der Waals surface area (Å²) in [5.74, 6) is 3.05. The first-order valence-corrected chi connectivity index (χ1v) is 11.6. The average molecular weight is 421 g/mol. The van der Waals surface area contributed by atoms with Gasteiger partial charge in [0, 0.05) is 35.5 Å².